The highest BCUT2D eigenvalue weighted by molar-refractivity contribution is 14.0. The van der Waals surface area contributed by atoms with E-state index in [2.05, 4.69) is 15.2 Å². The molecular formula is C17H32IN5O3. The zero-order valence-corrected chi connectivity index (χ0v) is 18.1. The predicted octanol–water partition coefficient (Wildman–Crippen LogP) is 0.262. The van der Waals surface area contributed by atoms with E-state index < -0.39 is 0 Å². The monoisotopic (exact) mass is 481 g/mol. The number of ether oxygens (including phenoxy) is 1. The lowest BCUT2D eigenvalue weighted by Crippen LogP contribution is -2.48. The van der Waals surface area contributed by atoms with E-state index in [1.807, 2.05) is 0 Å². The maximum absolute atomic E-state index is 11.9. The number of hydrogen-bond donors (Lipinski definition) is 2. The molecule has 2 aliphatic heterocycles. The third kappa shape index (κ3) is 7.65. The quantitative estimate of drug-likeness (QED) is 0.322. The van der Waals surface area contributed by atoms with E-state index in [0.29, 0.717) is 12.3 Å². The Bertz CT molecular complexity index is 495. The second kappa shape index (κ2) is 11.6. The molecule has 2 rings (SSSR count). The number of carbonyl (C=O) groups excluding carboxylic acids is 2. The third-order valence-electron chi connectivity index (χ3n) is 4.74. The van der Waals surface area contributed by atoms with Crippen molar-refractivity contribution < 1.29 is 14.3 Å². The van der Waals surface area contributed by atoms with Crippen LogP contribution in [-0.2, 0) is 14.3 Å². The number of primary amides is 1. The molecule has 9 heteroatoms. The van der Waals surface area contributed by atoms with E-state index in [1.54, 1.807) is 14.1 Å². The van der Waals surface area contributed by atoms with Crippen molar-refractivity contribution in [2.24, 2.45) is 22.6 Å². The summed E-state index contributed by atoms with van der Waals surface area (Å²) in [5, 5.41) is 3.41. The molecule has 26 heavy (non-hydrogen) atoms. The van der Waals surface area contributed by atoms with Crippen LogP contribution in [0.1, 0.15) is 25.7 Å². The number of piperidine rings is 1. The standard InChI is InChI=1S/C17H31N5O3.HI/c1-21(2)16(24)10-20-17(19-9-14-5-7-25-12-14)22-6-3-4-13(11-22)8-15(18)23;/h13-14H,3-12H2,1-2H3,(H2,18,23)(H,19,20);1H. The van der Waals surface area contributed by atoms with Crippen molar-refractivity contribution in [3.05, 3.63) is 0 Å². The SMILES string of the molecule is CN(C)C(=O)CN=C(NCC1CCOC1)N1CCCC(CC(N)=O)C1.I. The van der Waals surface area contributed by atoms with Crippen molar-refractivity contribution in [3.63, 3.8) is 0 Å². The molecule has 0 aromatic heterocycles. The Morgan fingerprint density at radius 3 is 2.69 bits per heavy atom. The minimum absolute atomic E-state index is 0. The highest BCUT2D eigenvalue weighted by Crippen LogP contribution is 2.19. The van der Waals surface area contributed by atoms with Crippen molar-refractivity contribution in [3.8, 4) is 0 Å². The van der Waals surface area contributed by atoms with Crippen LogP contribution in [-0.4, -0.2) is 81.1 Å². The molecule has 3 N–H and O–H groups in total. The number of halogens is 1. The molecule has 2 fully saturated rings. The molecule has 0 bridgehead atoms. The van der Waals surface area contributed by atoms with Gasteiger partial charge in [-0.2, -0.15) is 0 Å². The largest absolute Gasteiger partial charge is 0.381 e. The van der Waals surface area contributed by atoms with Crippen LogP contribution in [0, 0.1) is 11.8 Å². The molecule has 0 aliphatic carbocycles. The number of likely N-dealkylation sites (tertiary alicyclic amines) is 1. The van der Waals surface area contributed by atoms with Crippen LogP contribution in [0.25, 0.3) is 0 Å². The number of nitrogens with one attached hydrogen (secondary N) is 1. The van der Waals surface area contributed by atoms with Crippen LogP contribution < -0.4 is 11.1 Å². The highest BCUT2D eigenvalue weighted by atomic mass is 127. The third-order valence-corrected chi connectivity index (χ3v) is 4.74. The zero-order valence-electron chi connectivity index (χ0n) is 15.8. The van der Waals surface area contributed by atoms with Gasteiger partial charge in [0.1, 0.15) is 6.54 Å². The van der Waals surface area contributed by atoms with Crippen molar-refractivity contribution >= 4 is 41.8 Å². The molecule has 2 atom stereocenters. The molecule has 0 saturated carbocycles. The van der Waals surface area contributed by atoms with Gasteiger partial charge in [0.25, 0.3) is 0 Å². The molecule has 0 aromatic rings. The number of hydrogen-bond acceptors (Lipinski definition) is 4. The maximum atomic E-state index is 11.9. The van der Waals surface area contributed by atoms with Gasteiger partial charge in [0, 0.05) is 52.7 Å². The lowest BCUT2D eigenvalue weighted by molar-refractivity contribution is -0.127. The smallest absolute Gasteiger partial charge is 0.243 e. The van der Waals surface area contributed by atoms with Gasteiger partial charge >= 0.3 is 0 Å². The van der Waals surface area contributed by atoms with Crippen LogP contribution in [0.15, 0.2) is 4.99 Å². The summed E-state index contributed by atoms with van der Waals surface area (Å²) in [7, 11) is 3.45. The number of nitrogens with zero attached hydrogens (tertiary/aromatic N) is 3. The first-order valence-electron chi connectivity index (χ1n) is 9.05. The summed E-state index contributed by atoms with van der Waals surface area (Å²) in [5.41, 5.74) is 5.35. The van der Waals surface area contributed by atoms with E-state index in [0.717, 1.165) is 58.1 Å². The lowest BCUT2D eigenvalue weighted by Gasteiger charge is -2.35. The summed E-state index contributed by atoms with van der Waals surface area (Å²) in [6, 6.07) is 0. The molecule has 2 heterocycles. The van der Waals surface area contributed by atoms with Gasteiger partial charge in [-0.3, -0.25) is 9.59 Å². The molecule has 150 valence electrons. The molecule has 2 saturated heterocycles. The van der Waals surface area contributed by atoms with Gasteiger partial charge < -0.3 is 25.6 Å². The van der Waals surface area contributed by atoms with Gasteiger partial charge in [0.05, 0.1) is 6.61 Å². The van der Waals surface area contributed by atoms with Gasteiger partial charge in [-0.25, -0.2) is 4.99 Å². The number of amides is 2. The lowest BCUT2D eigenvalue weighted by atomic mass is 9.95. The molecule has 2 amide bonds. The van der Waals surface area contributed by atoms with Gasteiger partial charge in [-0.1, -0.05) is 0 Å². The van der Waals surface area contributed by atoms with Crippen LogP contribution in [0.5, 0.6) is 0 Å². The Morgan fingerprint density at radius 2 is 2.08 bits per heavy atom. The summed E-state index contributed by atoms with van der Waals surface area (Å²) >= 11 is 0. The van der Waals surface area contributed by atoms with Gasteiger partial charge in [-0.15, -0.1) is 24.0 Å². The Hall–Kier alpha value is -1.10. The highest BCUT2D eigenvalue weighted by Gasteiger charge is 2.25. The fourth-order valence-corrected chi connectivity index (χ4v) is 3.24. The normalized spacial score (nSPS) is 23.3. The Kier molecular flexibility index (Phi) is 10.2. The van der Waals surface area contributed by atoms with E-state index in [9.17, 15) is 9.59 Å². The predicted molar refractivity (Wildman–Crippen MR) is 111 cm³/mol. The molecule has 2 aliphatic rings. The van der Waals surface area contributed by atoms with Crippen LogP contribution in [0.2, 0.25) is 0 Å². The number of likely N-dealkylation sites (N-methyl/N-ethyl adjacent to an activating group) is 1. The summed E-state index contributed by atoms with van der Waals surface area (Å²) in [6.45, 7) is 4.09. The Morgan fingerprint density at radius 1 is 1.31 bits per heavy atom. The number of aliphatic imine (C=N–C) groups is 1. The molecule has 0 aromatic carbocycles. The number of rotatable bonds is 6. The molecule has 0 spiro atoms. The summed E-state index contributed by atoms with van der Waals surface area (Å²) in [5.74, 6) is 1.17. The summed E-state index contributed by atoms with van der Waals surface area (Å²) in [4.78, 5) is 31.3. The number of guanidine groups is 1. The van der Waals surface area contributed by atoms with Gasteiger partial charge in [0.15, 0.2) is 5.96 Å². The van der Waals surface area contributed by atoms with E-state index >= 15 is 0 Å². The molecule has 0 radical (unpaired) electrons. The van der Waals surface area contributed by atoms with Crippen molar-refractivity contribution in [2.75, 3.05) is 53.5 Å². The van der Waals surface area contributed by atoms with Gasteiger partial charge in [0.2, 0.25) is 11.8 Å². The van der Waals surface area contributed by atoms with Crippen molar-refractivity contribution in [1.29, 1.82) is 0 Å². The molecule has 8 nitrogen and oxygen atoms in total. The first-order chi connectivity index (χ1) is 12.0. The molecule has 2 unspecified atom stereocenters. The van der Waals surface area contributed by atoms with E-state index in [1.165, 1.54) is 4.90 Å². The second-order valence-electron chi connectivity index (χ2n) is 7.16. The Labute approximate surface area is 172 Å². The zero-order chi connectivity index (χ0) is 18.2. The maximum Gasteiger partial charge on any atom is 0.243 e. The topological polar surface area (TPSA) is 100 Å². The first-order valence-corrected chi connectivity index (χ1v) is 9.05. The Balaban J connectivity index is 0.00000338. The van der Waals surface area contributed by atoms with E-state index in [4.69, 9.17) is 10.5 Å². The number of nitrogens with two attached hydrogens (primary N) is 1. The van der Waals surface area contributed by atoms with Crippen LogP contribution in [0.4, 0.5) is 0 Å². The van der Waals surface area contributed by atoms with Crippen LogP contribution >= 0.6 is 24.0 Å². The van der Waals surface area contributed by atoms with Crippen molar-refractivity contribution in [1.82, 2.24) is 15.1 Å². The second-order valence-corrected chi connectivity index (χ2v) is 7.16. The minimum Gasteiger partial charge on any atom is -0.381 e. The first kappa shape index (κ1) is 22.9. The van der Waals surface area contributed by atoms with E-state index in [-0.39, 0.29) is 48.3 Å². The van der Waals surface area contributed by atoms with Gasteiger partial charge in [-0.05, 0) is 25.2 Å². The summed E-state index contributed by atoms with van der Waals surface area (Å²) < 4.78 is 5.42. The average molecular weight is 481 g/mol. The fraction of sp³-hybridized carbons (Fsp3) is 0.824. The van der Waals surface area contributed by atoms with Crippen molar-refractivity contribution in [2.45, 2.75) is 25.7 Å². The van der Waals surface area contributed by atoms with Crippen LogP contribution in [0.3, 0.4) is 0 Å². The summed E-state index contributed by atoms with van der Waals surface area (Å²) in [6.07, 6.45) is 3.44. The molecular weight excluding hydrogens is 449 g/mol. The minimum atomic E-state index is -0.260. The number of carbonyl (C=O) groups is 2. The average Bonchev–Trinajstić information content (AvgIpc) is 3.07. The fourth-order valence-electron chi connectivity index (χ4n) is 3.24.